The molecular formula is C6H11PSe3. The van der Waals surface area contributed by atoms with Crippen LogP contribution in [-0.2, 0) is 0 Å². The van der Waals surface area contributed by atoms with Crippen molar-refractivity contribution in [3.63, 3.8) is 0 Å². The van der Waals surface area contributed by atoms with Crippen molar-refractivity contribution in [2.45, 2.75) is 37.8 Å². The summed E-state index contributed by atoms with van der Waals surface area (Å²) in [6.45, 7) is 0. The monoisotopic (exact) mass is 354 g/mol. The van der Waals surface area contributed by atoms with Gasteiger partial charge in [0.1, 0.15) is 0 Å². The standard InChI is InChI=1S/C6H11PSe3/c8-7(9,10)6-4-2-1-3-5-6/h6H,1-5H2. The van der Waals surface area contributed by atoms with Crippen LogP contribution in [0.5, 0.6) is 0 Å². The Bertz CT molecular complexity index is 104. The third kappa shape index (κ3) is 3.16. The molecule has 0 N–H and O–H groups in total. The molecule has 0 bridgehead atoms. The quantitative estimate of drug-likeness (QED) is 0.497. The third-order valence-corrected chi connectivity index (χ3v) is 9.06. The Kier molecular flexibility index (Phi) is 4.32. The Morgan fingerprint density at radius 2 is 1.60 bits per heavy atom. The van der Waals surface area contributed by atoms with E-state index in [1.807, 2.05) is 0 Å². The Hall–Kier alpha value is 1.99. The van der Waals surface area contributed by atoms with Crippen LogP contribution in [0.15, 0.2) is 0 Å². The fraction of sp³-hybridized carbons (Fsp3) is 1.00. The maximum absolute atomic E-state index is 3.29. The molecule has 0 spiro atoms. The van der Waals surface area contributed by atoms with E-state index < -0.39 is 3.33 Å². The van der Waals surface area contributed by atoms with Gasteiger partial charge in [0, 0.05) is 0 Å². The summed E-state index contributed by atoms with van der Waals surface area (Å²) < 4.78 is -0.866. The van der Waals surface area contributed by atoms with Crippen molar-refractivity contribution >= 4 is 50.0 Å². The predicted molar refractivity (Wildman–Crippen MR) is 51.1 cm³/mol. The molecule has 0 unspecified atom stereocenters. The second-order valence-electron chi connectivity index (χ2n) is 2.83. The Morgan fingerprint density at radius 1 is 1.10 bits per heavy atom. The summed E-state index contributed by atoms with van der Waals surface area (Å²) in [5, 5.41) is 0. The van der Waals surface area contributed by atoms with E-state index in [0.717, 1.165) is 5.66 Å². The zero-order chi connectivity index (χ0) is 7.61. The predicted octanol–water partition coefficient (Wildman–Crippen LogP) is 1.59. The molecule has 0 amide bonds. The first-order valence-electron chi connectivity index (χ1n) is 3.62. The van der Waals surface area contributed by atoms with E-state index in [1.165, 1.54) is 32.1 Å². The van der Waals surface area contributed by atoms with Gasteiger partial charge in [0.05, 0.1) is 0 Å². The molecule has 0 heterocycles. The van der Waals surface area contributed by atoms with Crippen LogP contribution in [0, 0.1) is 0 Å². The van der Waals surface area contributed by atoms with Crippen LogP contribution in [0.2, 0.25) is 0 Å². The van der Waals surface area contributed by atoms with E-state index in [0.29, 0.717) is 0 Å². The molecule has 1 aliphatic rings. The Morgan fingerprint density at radius 3 is 1.90 bits per heavy atom. The van der Waals surface area contributed by atoms with Gasteiger partial charge in [-0.25, -0.2) is 0 Å². The van der Waals surface area contributed by atoms with Gasteiger partial charge in [-0.15, -0.1) is 0 Å². The molecule has 10 heavy (non-hydrogen) atoms. The van der Waals surface area contributed by atoms with Crippen LogP contribution < -0.4 is 0 Å². The molecule has 1 fully saturated rings. The fourth-order valence-electron chi connectivity index (χ4n) is 1.40. The van der Waals surface area contributed by atoms with Gasteiger partial charge in [0.2, 0.25) is 0 Å². The van der Waals surface area contributed by atoms with Crippen LogP contribution in [-0.4, -0.2) is 52.4 Å². The van der Waals surface area contributed by atoms with Crippen LogP contribution >= 0.6 is 3.33 Å². The minimum absolute atomic E-state index is 0.866. The fourth-order valence-corrected chi connectivity index (χ4v) is 6.38. The second-order valence-corrected chi connectivity index (χ2v) is 26.1. The van der Waals surface area contributed by atoms with Crippen LogP contribution in [0.3, 0.4) is 0 Å². The summed E-state index contributed by atoms with van der Waals surface area (Å²) in [6.07, 6.45) is 7.20. The molecule has 4 heteroatoms. The zero-order valence-corrected chi connectivity index (χ0v) is 11.8. The van der Waals surface area contributed by atoms with E-state index in [2.05, 4.69) is 46.7 Å². The molecule has 0 nitrogen and oxygen atoms in total. The third-order valence-electron chi connectivity index (χ3n) is 2.02. The van der Waals surface area contributed by atoms with Gasteiger partial charge >= 0.3 is 87.8 Å². The Balaban J connectivity index is 2.39. The van der Waals surface area contributed by atoms with Gasteiger partial charge in [-0.1, -0.05) is 0 Å². The summed E-state index contributed by atoms with van der Waals surface area (Å²) >= 11 is 9.86. The summed E-state index contributed by atoms with van der Waals surface area (Å²) in [4.78, 5) is 0. The van der Waals surface area contributed by atoms with Crippen LogP contribution in [0.25, 0.3) is 0 Å². The molecule has 1 saturated carbocycles. The van der Waals surface area contributed by atoms with Crippen LogP contribution in [0.1, 0.15) is 32.1 Å². The van der Waals surface area contributed by atoms with E-state index in [-0.39, 0.29) is 0 Å². The number of hydrogen-bond acceptors (Lipinski definition) is 0. The average Bonchev–Trinajstić information content (AvgIpc) is 1.88. The first kappa shape index (κ1) is 10.1. The van der Waals surface area contributed by atoms with E-state index in [4.69, 9.17) is 0 Å². The molecule has 0 aliphatic heterocycles. The van der Waals surface area contributed by atoms with E-state index >= 15 is 0 Å². The van der Waals surface area contributed by atoms with Gasteiger partial charge in [0.25, 0.3) is 0 Å². The van der Waals surface area contributed by atoms with Gasteiger partial charge in [-0.3, -0.25) is 0 Å². The molecule has 1 aliphatic carbocycles. The molecule has 0 aromatic carbocycles. The summed E-state index contributed by atoms with van der Waals surface area (Å²) in [7, 11) is 0. The maximum atomic E-state index is 3.29. The summed E-state index contributed by atoms with van der Waals surface area (Å²) in [5.41, 5.74) is 0.946. The van der Waals surface area contributed by atoms with Crippen molar-refractivity contribution in [3.05, 3.63) is 0 Å². The zero-order valence-electron chi connectivity index (χ0n) is 5.78. The molecule has 2 radical (unpaired) electrons. The molecular weight excluding hydrogens is 340 g/mol. The van der Waals surface area contributed by atoms with Crippen molar-refractivity contribution < 1.29 is 0 Å². The molecule has 0 aromatic rings. The molecule has 0 aromatic heterocycles. The van der Waals surface area contributed by atoms with E-state index in [1.54, 1.807) is 0 Å². The van der Waals surface area contributed by atoms with Crippen molar-refractivity contribution in [2.24, 2.45) is 0 Å². The summed E-state index contributed by atoms with van der Waals surface area (Å²) in [6, 6.07) is 0. The van der Waals surface area contributed by atoms with Gasteiger partial charge in [-0.05, 0) is 0 Å². The molecule has 58 valence electrons. The van der Waals surface area contributed by atoms with Crippen molar-refractivity contribution in [1.29, 1.82) is 0 Å². The summed E-state index contributed by atoms with van der Waals surface area (Å²) in [5.74, 6) is 0. The van der Waals surface area contributed by atoms with Crippen LogP contribution in [0.4, 0.5) is 0 Å². The first-order valence-corrected chi connectivity index (χ1v) is 12.1. The molecule has 1 rings (SSSR count). The van der Waals surface area contributed by atoms with Gasteiger partial charge < -0.3 is 0 Å². The number of rotatable bonds is 1. The average molecular weight is 351 g/mol. The minimum atomic E-state index is -0.866. The first-order chi connectivity index (χ1) is 4.61. The normalized spacial score (nSPS) is 23.1. The van der Waals surface area contributed by atoms with Crippen molar-refractivity contribution in [1.82, 2.24) is 0 Å². The number of hydrogen-bond donors (Lipinski definition) is 0. The SMILES string of the molecule is [Se][P+]([Se])([Se-])C1CCCCC1. The molecule has 0 atom stereocenters. The van der Waals surface area contributed by atoms with Crippen molar-refractivity contribution in [2.75, 3.05) is 0 Å². The van der Waals surface area contributed by atoms with Gasteiger partial charge in [-0.2, -0.15) is 0 Å². The molecule has 0 saturated heterocycles. The topological polar surface area (TPSA) is 0 Å². The second kappa shape index (κ2) is 4.29. The van der Waals surface area contributed by atoms with E-state index in [9.17, 15) is 0 Å². The van der Waals surface area contributed by atoms with Crippen molar-refractivity contribution in [3.8, 4) is 0 Å². The Labute approximate surface area is 87.3 Å². The van der Waals surface area contributed by atoms with Gasteiger partial charge in [0.15, 0.2) is 0 Å².